The lowest BCUT2D eigenvalue weighted by Crippen LogP contribution is -2.16. The molecule has 6 nitrogen and oxygen atoms in total. The summed E-state index contributed by atoms with van der Waals surface area (Å²) in [6.07, 6.45) is 1.40. The molecule has 0 radical (unpaired) electrons. The summed E-state index contributed by atoms with van der Waals surface area (Å²) in [6.45, 7) is 0. The summed E-state index contributed by atoms with van der Waals surface area (Å²) in [5.74, 6) is 0.595. The lowest BCUT2D eigenvalue weighted by molar-refractivity contribution is 0.352. The maximum absolute atomic E-state index is 11.1. The molecule has 2 rings (SSSR count). The molecule has 0 fully saturated rings. The van der Waals surface area contributed by atoms with Crippen molar-refractivity contribution < 1.29 is 12.9 Å². The topological polar surface area (TPSA) is 99.1 Å². The molecule has 0 bridgehead atoms. The van der Waals surface area contributed by atoms with E-state index in [0.717, 1.165) is 11.8 Å². The van der Waals surface area contributed by atoms with Crippen LogP contribution in [0.1, 0.15) is 18.4 Å². The summed E-state index contributed by atoms with van der Waals surface area (Å²) in [5, 5.41) is 4.44. The fourth-order valence-corrected chi connectivity index (χ4v) is 2.37. The first-order chi connectivity index (χ1) is 9.35. The largest absolute Gasteiger partial charge is 0.337 e. The van der Waals surface area contributed by atoms with Gasteiger partial charge >= 0.3 is 0 Å². The summed E-state index contributed by atoms with van der Waals surface area (Å²) in [5.41, 5.74) is 6.59. The minimum absolute atomic E-state index is 0. The first kappa shape index (κ1) is 17.9. The first-order valence-corrected chi connectivity index (χ1v) is 8.32. The molecule has 2 aromatic rings. The molecule has 116 valence electrons. The number of nitrogens with zero attached hydrogens (tertiary/aromatic N) is 2. The molecular formula is C12H15Cl2N3O3S. The van der Waals surface area contributed by atoms with Gasteiger partial charge < -0.3 is 10.3 Å². The highest BCUT2D eigenvalue weighted by atomic mass is 35.5. The third kappa shape index (κ3) is 5.28. The van der Waals surface area contributed by atoms with Crippen LogP contribution >= 0.6 is 24.0 Å². The highest BCUT2D eigenvalue weighted by Crippen LogP contribution is 2.21. The van der Waals surface area contributed by atoms with Gasteiger partial charge in [-0.25, -0.2) is 8.42 Å². The second-order valence-corrected chi connectivity index (χ2v) is 7.18. The van der Waals surface area contributed by atoms with Gasteiger partial charge in [-0.2, -0.15) is 4.98 Å². The van der Waals surface area contributed by atoms with Crippen molar-refractivity contribution in [1.29, 1.82) is 0 Å². The van der Waals surface area contributed by atoms with Gasteiger partial charge in [0.05, 0.1) is 11.8 Å². The Balaban J connectivity index is 0.00000220. The van der Waals surface area contributed by atoms with Gasteiger partial charge in [0.15, 0.2) is 0 Å². The van der Waals surface area contributed by atoms with E-state index in [4.69, 9.17) is 21.9 Å². The molecule has 0 saturated heterocycles. The van der Waals surface area contributed by atoms with Crippen LogP contribution in [0.15, 0.2) is 28.8 Å². The molecule has 0 aliphatic rings. The van der Waals surface area contributed by atoms with Crippen LogP contribution in [-0.2, 0) is 9.84 Å². The average Bonchev–Trinajstić information content (AvgIpc) is 2.85. The summed E-state index contributed by atoms with van der Waals surface area (Å²) in [4.78, 5) is 4.17. The first-order valence-electron chi connectivity index (χ1n) is 5.88. The van der Waals surface area contributed by atoms with Crippen LogP contribution in [0.4, 0.5) is 0 Å². The molecule has 1 aromatic heterocycles. The van der Waals surface area contributed by atoms with Gasteiger partial charge in [0, 0.05) is 16.8 Å². The van der Waals surface area contributed by atoms with Gasteiger partial charge in [0.1, 0.15) is 9.84 Å². The molecule has 0 amide bonds. The Morgan fingerprint density at radius 2 is 1.95 bits per heavy atom. The molecule has 1 aromatic carbocycles. The van der Waals surface area contributed by atoms with E-state index in [0.29, 0.717) is 10.8 Å². The number of nitrogens with two attached hydrogens (primary N) is 1. The maximum Gasteiger partial charge on any atom is 0.243 e. The van der Waals surface area contributed by atoms with E-state index < -0.39 is 15.9 Å². The second kappa shape index (κ2) is 7.22. The van der Waals surface area contributed by atoms with Crippen molar-refractivity contribution >= 4 is 33.8 Å². The third-order valence-corrected chi connectivity index (χ3v) is 3.89. The summed E-state index contributed by atoms with van der Waals surface area (Å²) < 4.78 is 27.2. The van der Waals surface area contributed by atoms with Gasteiger partial charge in [-0.1, -0.05) is 16.8 Å². The number of rotatable bonds is 5. The molecule has 2 N–H and O–H groups in total. The van der Waals surface area contributed by atoms with Crippen LogP contribution in [0.5, 0.6) is 0 Å². The predicted molar refractivity (Wildman–Crippen MR) is 83.2 cm³/mol. The lowest BCUT2D eigenvalue weighted by atomic mass is 10.2. The van der Waals surface area contributed by atoms with E-state index in [2.05, 4.69) is 10.1 Å². The zero-order valence-corrected chi connectivity index (χ0v) is 13.6. The normalized spacial score (nSPS) is 12.7. The van der Waals surface area contributed by atoms with Gasteiger partial charge in [-0.3, -0.25) is 0 Å². The predicted octanol–water partition coefficient (Wildman–Crippen LogP) is 2.25. The average molecular weight is 352 g/mol. The molecule has 21 heavy (non-hydrogen) atoms. The number of sulfone groups is 1. The maximum atomic E-state index is 11.1. The van der Waals surface area contributed by atoms with Crippen molar-refractivity contribution in [2.24, 2.45) is 5.73 Å². The fraction of sp³-hybridized carbons (Fsp3) is 0.333. The number of aromatic nitrogens is 2. The Labute approximate surface area is 134 Å². The number of halogens is 2. The highest BCUT2D eigenvalue weighted by molar-refractivity contribution is 7.90. The van der Waals surface area contributed by atoms with Crippen LogP contribution in [0.3, 0.4) is 0 Å². The summed E-state index contributed by atoms with van der Waals surface area (Å²) in [7, 11) is -3.06. The van der Waals surface area contributed by atoms with E-state index in [-0.39, 0.29) is 30.5 Å². The second-order valence-electron chi connectivity index (χ2n) is 4.49. The van der Waals surface area contributed by atoms with E-state index >= 15 is 0 Å². The zero-order chi connectivity index (χ0) is 14.8. The number of hydrogen-bond donors (Lipinski definition) is 1. The lowest BCUT2D eigenvalue weighted by Gasteiger charge is -2.04. The zero-order valence-electron chi connectivity index (χ0n) is 11.2. The molecule has 1 atom stereocenters. The van der Waals surface area contributed by atoms with Crippen LogP contribution < -0.4 is 5.73 Å². The van der Waals surface area contributed by atoms with Crippen molar-refractivity contribution in [3.05, 3.63) is 35.2 Å². The van der Waals surface area contributed by atoms with Crippen molar-refractivity contribution in [2.75, 3.05) is 12.0 Å². The quantitative estimate of drug-likeness (QED) is 0.886. The third-order valence-electron chi connectivity index (χ3n) is 2.66. The standard InChI is InChI=1S/C12H14ClN3O3S.ClH/c1-20(17,18)7-6-10(14)12-15-11(16-19-12)8-2-4-9(13)5-3-8;/h2-5,10H,6-7,14H2,1H3;1H. The van der Waals surface area contributed by atoms with Gasteiger partial charge in [0.2, 0.25) is 11.7 Å². The van der Waals surface area contributed by atoms with E-state index in [1.165, 1.54) is 0 Å². The Kier molecular flexibility index (Phi) is 6.15. The van der Waals surface area contributed by atoms with Crippen molar-refractivity contribution in [3.8, 4) is 11.4 Å². The van der Waals surface area contributed by atoms with Crippen LogP contribution in [-0.4, -0.2) is 30.6 Å². The Morgan fingerprint density at radius 3 is 2.52 bits per heavy atom. The molecule has 9 heteroatoms. The van der Waals surface area contributed by atoms with E-state index in [9.17, 15) is 8.42 Å². The minimum atomic E-state index is -3.06. The van der Waals surface area contributed by atoms with Crippen LogP contribution in [0.2, 0.25) is 5.02 Å². The SMILES string of the molecule is CS(=O)(=O)CCC(N)c1nc(-c2ccc(Cl)cc2)no1.Cl. The molecule has 1 heterocycles. The highest BCUT2D eigenvalue weighted by Gasteiger charge is 2.17. The van der Waals surface area contributed by atoms with Crippen molar-refractivity contribution in [2.45, 2.75) is 12.5 Å². The summed E-state index contributed by atoms with van der Waals surface area (Å²) >= 11 is 5.80. The number of benzene rings is 1. The van der Waals surface area contributed by atoms with Gasteiger partial charge in [-0.15, -0.1) is 12.4 Å². The Hall–Kier alpha value is -1.15. The van der Waals surface area contributed by atoms with Crippen LogP contribution in [0.25, 0.3) is 11.4 Å². The number of hydrogen-bond acceptors (Lipinski definition) is 6. The minimum Gasteiger partial charge on any atom is -0.337 e. The summed E-state index contributed by atoms with van der Waals surface area (Å²) in [6, 6.07) is 6.36. The van der Waals surface area contributed by atoms with Crippen molar-refractivity contribution in [3.63, 3.8) is 0 Å². The van der Waals surface area contributed by atoms with E-state index in [1.807, 2.05) is 0 Å². The molecule has 1 unspecified atom stereocenters. The fourth-order valence-electron chi connectivity index (χ4n) is 1.57. The molecule has 0 saturated carbocycles. The molecule has 0 aliphatic heterocycles. The smallest absolute Gasteiger partial charge is 0.243 e. The van der Waals surface area contributed by atoms with Gasteiger partial charge in [-0.05, 0) is 30.7 Å². The van der Waals surface area contributed by atoms with Crippen molar-refractivity contribution in [1.82, 2.24) is 10.1 Å². The molecular weight excluding hydrogens is 337 g/mol. The Bertz CT molecular complexity index is 686. The molecule has 0 spiro atoms. The monoisotopic (exact) mass is 351 g/mol. The van der Waals surface area contributed by atoms with Crippen LogP contribution in [0, 0.1) is 0 Å². The van der Waals surface area contributed by atoms with Gasteiger partial charge in [0.25, 0.3) is 0 Å². The molecule has 0 aliphatic carbocycles. The van der Waals surface area contributed by atoms with E-state index in [1.54, 1.807) is 24.3 Å². The Morgan fingerprint density at radius 1 is 1.33 bits per heavy atom.